The van der Waals surface area contributed by atoms with Crippen LogP contribution in [0.3, 0.4) is 0 Å². The third-order valence-corrected chi connectivity index (χ3v) is 7.70. The number of Topliss-reactive ketones (excluding diaryl/α,β-unsaturated/α-hetero) is 1. The van der Waals surface area contributed by atoms with E-state index in [0.29, 0.717) is 0 Å². The Morgan fingerprint density at radius 1 is 1.25 bits per heavy atom. The zero-order valence-corrected chi connectivity index (χ0v) is 14.0. The monoisotopic (exact) mass is 342 g/mol. The van der Waals surface area contributed by atoms with Gasteiger partial charge in [-0.3, -0.25) is 9.59 Å². The Bertz CT molecular complexity index is 472. The maximum Gasteiger partial charge on any atom is 0.231 e. The first-order chi connectivity index (χ1) is 9.29. The molecule has 2 bridgehead atoms. The SMILES string of the molecule is CC1(C)[C@@]2(C)CC[C@@]1(C(=O)N1CCNCC1)[C@@H](Br)C2=O. The number of carbonyl (C=O) groups is 2. The molecule has 0 radical (unpaired) electrons. The molecule has 5 heteroatoms. The van der Waals surface area contributed by atoms with Crippen molar-refractivity contribution < 1.29 is 9.59 Å². The molecule has 1 aliphatic heterocycles. The molecule has 2 aliphatic carbocycles. The van der Waals surface area contributed by atoms with Crippen LogP contribution in [0.5, 0.6) is 0 Å². The average molecular weight is 343 g/mol. The Hall–Kier alpha value is -0.420. The summed E-state index contributed by atoms with van der Waals surface area (Å²) in [5, 5.41) is 3.28. The zero-order chi connectivity index (χ0) is 14.8. The Kier molecular flexibility index (Phi) is 3.11. The number of hydrogen-bond donors (Lipinski definition) is 1. The van der Waals surface area contributed by atoms with Gasteiger partial charge in [-0.2, -0.15) is 0 Å². The lowest BCUT2D eigenvalue weighted by atomic mass is 9.64. The molecule has 3 fully saturated rings. The molecule has 0 aromatic carbocycles. The highest BCUT2D eigenvalue weighted by atomic mass is 79.9. The van der Waals surface area contributed by atoms with Gasteiger partial charge >= 0.3 is 0 Å². The lowest BCUT2D eigenvalue weighted by molar-refractivity contribution is -0.147. The normalized spacial score (nSPS) is 43.1. The number of halogens is 1. The summed E-state index contributed by atoms with van der Waals surface area (Å²) in [6, 6.07) is 0. The number of piperazine rings is 1. The molecule has 3 aliphatic rings. The summed E-state index contributed by atoms with van der Waals surface area (Å²) in [7, 11) is 0. The minimum atomic E-state index is -0.559. The molecule has 1 heterocycles. The van der Waals surface area contributed by atoms with Gasteiger partial charge in [0.15, 0.2) is 5.78 Å². The minimum absolute atomic E-state index is 0.181. The van der Waals surface area contributed by atoms with Crippen molar-refractivity contribution in [2.75, 3.05) is 26.2 Å². The van der Waals surface area contributed by atoms with Gasteiger partial charge in [-0.15, -0.1) is 0 Å². The van der Waals surface area contributed by atoms with Crippen molar-refractivity contribution in [3.63, 3.8) is 0 Å². The molecule has 0 aromatic rings. The van der Waals surface area contributed by atoms with Gasteiger partial charge in [-0.25, -0.2) is 0 Å². The summed E-state index contributed by atoms with van der Waals surface area (Å²) in [6.45, 7) is 9.46. The first-order valence-corrected chi connectivity index (χ1v) is 8.39. The molecule has 2 saturated carbocycles. The van der Waals surface area contributed by atoms with Crippen molar-refractivity contribution in [2.24, 2.45) is 16.2 Å². The van der Waals surface area contributed by atoms with E-state index in [1.165, 1.54) is 0 Å². The summed E-state index contributed by atoms with van der Waals surface area (Å²) in [6.07, 6.45) is 1.65. The molecule has 3 rings (SSSR count). The van der Waals surface area contributed by atoms with Crippen molar-refractivity contribution in [1.82, 2.24) is 10.2 Å². The summed E-state index contributed by atoms with van der Waals surface area (Å²) in [5.74, 6) is 0.401. The van der Waals surface area contributed by atoms with Crippen LogP contribution in [0.4, 0.5) is 0 Å². The molecule has 0 spiro atoms. The van der Waals surface area contributed by atoms with E-state index in [1.54, 1.807) is 0 Å². The minimum Gasteiger partial charge on any atom is -0.340 e. The molecular weight excluding hydrogens is 320 g/mol. The summed E-state index contributed by atoms with van der Waals surface area (Å²) in [5.41, 5.74) is -1.21. The molecule has 1 saturated heterocycles. The van der Waals surface area contributed by atoms with E-state index in [9.17, 15) is 9.59 Å². The molecule has 0 unspecified atom stereocenters. The van der Waals surface area contributed by atoms with Gasteiger partial charge in [-0.1, -0.05) is 36.7 Å². The largest absolute Gasteiger partial charge is 0.340 e. The molecule has 0 aromatic heterocycles. The van der Waals surface area contributed by atoms with E-state index in [0.717, 1.165) is 39.0 Å². The van der Waals surface area contributed by atoms with Gasteiger partial charge in [0.25, 0.3) is 0 Å². The highest BCUT2D eigenvalue weighted by molar-refractivity contribution is 9.10. The predicted molar refractivity (Wildman–Crippen MR) is 80.7 cm³/mol. The Labute approximate surface area is 128 Å². The van der Waals surface area contributed by atoms with Gasteiger partial charge in [0, 0.05) is 31.6 Å². The second-order valence-electron chi connectivity index (χ2n) is 7.20. The van der Waals surface area contributed by atoms with Crippen LogP contribution in [0.25, 0.3) is 0 Å². The lowest BCUT2D eigenvalue weighted by Crippen LogP contribution is -2.56. The predicted octanol–water partition coefficient (Wildman–Crippen LogP) is 1.58. The molecule has 20 heavy (non-hydrogen) atoms. The van der Waals surface area contributed by atoms with Crippen LogP contribution in [-0.4, -0.2) is 47.6 Å². The Morgan fingerprint density at radius 2 is 1.85 bits per heavy atom. The maximum atomic E-state index is 13.2. The highest BCUT2D eigenvalue weighted by Crippen LogP contribution is 2.72. The molecular formula is C15H23BrN2O2. The van der Waals surface area contributed by atoms with Crippen LogP contribution in [-0.2, 0) is 9.59 Å². The van der Waals surface area contributed by atoms with Gasteiger partial charge < -0.3 is 10.2 Å². The van der Waals surface area contributed by atoms with Crippen molar-refractivity contribution >= 4 is 27.6 Å². The fourth-order valence-corrected chi connectivity index (χ4v) is 6.08. The van der Waals surface area contributed by atoms with Crippen LogP contribution < -0.4 is 5.32 Å². The smallest absolute Gasteiger partial charge is 0.231 e. The molecule has 4 nitrogen and oxygen atoms in total. The lowest BCUT2D eigenvalue weighted by Gasteiger charge is -2.43. The number of ketones is 1. The summed E-state index contributed by atoms with van der Waals surface area (Å²) < 4.78 is 0. The highest BCUT2D eigenvalue weighted by Gasteiger charge is 2.77. The number of rotatable bonds is 1. The molecule has 1 amide bonds. The summed E-state index contributed by atoms with van der Waals surface area (Å²) >= 11 is 3.58. The number of amides is 1. The van der Waals surface area contributed by atoms with Gasteiger partial charge in [-0.05, 0) is 18.3 Å². The van der Waals surface area contributed by atoms with Crippen molar-refractivity contribution in [1.29, 1.82) is 0 Å². The van der Waals surface area contributed by atoms with E-state index in [-0.39, 0.29) is 27.3 Å². The third-order valence-electron chi connectivity index (χ3n) is 6.51. The van der Waals surface area contributed by atoms with Crippen molar-refractivity contribution in [3.05, 3.63) is 0 Å². The van der Waals surface area contributed by atoms with E-state index in [4.69, 9.17) is 0 Å². The molecule has 112 valence electrons. The van der Waals surface area contributed by atoms with Crippen LogP contribution in [0.2, 0.25) is 0 Å². The zero-order valence-electron chi connectivity index (χ0n) is 12.5. The Morgan fingerprint density at radius 3 is 2.35 bits per heavy atom. The van der Waals surface area contributed by atoms with Crippen LogP contribution in [0.15, 0.2) is 0 Å². The number of nitrogens with zero attached hydrogens (tertiary/aromatic N) is 1. The number of carbonyl (C=O) groups excluding carboxylic acids is 2. The fourth-order valence-electron chi connectivity index (χ4n) is 4.58. The second kappa shape index (κ2) is 4.29. The third kappa shape index (κ3) is 1.41. The number of hydrogen-bond acceptors (Lipinski definition) is 3. The van der Waals surface area contributed by atoms with Crippen molar-refractivity contribution in [2.45, 2.75) is 38.4 Å². The number of nitrogens with one attached hydrogen (secondary N) is 1. The second-order valence-corrected chi connectivity index (χ2v) is 8.11. The quantitative estimate of drug-likeness (QED) is 0.736. The average Bonchev–Trinajstić information content (AvgIpc) is 2.71. The maximum absolute atomic E-state index is 13.2. The van der Waals surface area contributed by atoms with Crippen LogP contribution >= 0.6 is 15.9 Å². The van der Waals surface area contributed by atoms with E-state index < -0.39 is 5.41 Å². The standard InChI is InChI=1S/C15H23BrN2O2/c1-13(2)14(3)4-5-15(13,10(16)11(14)19)12(20)18-8-6-17-7-9-18/h10,17H,4-9H2,1-3H3/t10-,14-,15-/m0/s1. The topological polar surface area (TPSA) is 49.4 Å². The summed E-state index contributed by atoms with van der Waals surface area (Å²) in [4.78, 5) is 27.5. The number of alkyl halides is 1. The van der Waals surface area contributed by atoms with Gasteiger partial charge in [0.1, 0.15) is 0 Å². The molecule has 3 atom stereocenters. The van der Waals surface area contributed by atoms with E-state index >= 15 is 0 Å². The van der Waals surface area contributed by atoms with Gasteiger partial charge in [0.05, 0.1) is 10.2 Å². The van der Waals surface area contributed by atoms with E-state index in [2.05, 4.69) is 35.1 Å². The first-order valence-electron chi connectivity index (χ1n) is 7.47. The van der Waals surface area contributed by atoms with Crippen molar-refractivity contribution in [3.8, 4) is 0 Å². The number of fused-ring (bicyclic) bond motifs is 2. The van der Waals surface area contributed by atoms with Crippen LogP contribution in [0.1, 0.15) is 33.6 Å². The fraction of sp³-hybridized carbons (Fsp3) is 0.867. The molecule has 1 N–H and O–H groups in total. The Balaban J connectivity index is 2.02. The van der Waals surface area contributed by atoms with E-state index in [1.807, 2.05) is 11.8 Å². The van der Waals surface area contributed by atoms with Gasteiger partial charge in [0.2, 0.25) is 5.91 Å². The first kappa shape index (κ1) is 14.5. The van der Waals surface area contributed by atoms with Crippen LogP contribution in [0, 0.1) is 16.2 Å².